The first kappa shape index (κ1) is 10.1. The lowest BCUT2D eigenvalue weighted by molar-refractivity contribution is 1.14. The summed E-state index contributed by atoms with van der Waals surface area (Å²) < 4.78 is 0. The van der Waals surface area contributed by atoms with E-state index in [9.17, 15) is 0 Å². The number of hydrazine groups is 1. The Morgan fingerprint density at radius 1 is 1.33 bits per heavy atom. The molecule has 0 saturated carbocycles. The highest BCUT2D eigenvalue weighted by molar-refractivity contribution is 7.13. The molecule has 0 aliphatic carbocycles. The van der Waals surface area contributed by atoms with Crippen LogP contribution in [0, 0.1) is 0 Å². The van der Waals surface area contributed by atoms with Gasteiger partial charge < -0.3 is 5.43 Å². The first-order chi connectivity index (χ1) is 7.33. The number of rotatable bonds is 3. The van der Waals surface area contributed by atoms with E-state index in [1.54, 1.807) is 11.3 Å². The molecule has 3 nitrogen and oxygen atoms in total. The van der Waals surface area contributed by atoms with Crippen molar-refractivity contribution in [1.29, 1.82) is 0 Å². The molecule has 0 bridgehead atoms. The quantitative estimate of drug-likeness (QED) is 0.616. The van der Waals surface area contributed by atoms with E-state index in [0.29, 0.717) is 0 Å². The van der Waals surface area contributed by atoms with Crippen molar-refractivity contribution in [2.75, 3.05) is 5.43 Å². The van der Waals surface area contributed by atoms with Crippen LogP contribution in [0.3, 0.4) is 0 Å². The van der Waals surface area contributed by atoms with Crippen molar-refractivity contribution in [1.82, 2.24) is 4.98 Å². The van der Waals surface area contributed by atoms with Gasteiger partial charge in [0.15, 0.2) is 5.82 Å². The highest BCUT2D eigenvalue weighted by Gasteiger charge is 2.03. The van der Waals surface area contributed by atoms with Crippen molar-refractivity contribution in [3.63, 3.8) is 0 Å². The Kier molecular flexibility index (Phi) is 2.99. The molecule has 0 aliphatic heterocycles. The van der Waals surface area contributed by atoms with Gasteiger partial charge in [-0.3, -0.25) is 0 Å². The molecule has 0 radical (unpaired) electrons. The Hall–Kier alpha value is -1.39. The summed E-state index contributed by atoms with van der Waals surface area (Å²) in [6.07, 6.45) is 1.06. The molecular weight excluding hydrogens is 206 g/mol. The Balaban J connectivity index is 2.28. The predicted molar refractivity (Wildman–Crippen MR) is 64.7 cm³/mol. The van der Waals surface area contributed by atoms with Gasteiger partial charge in [0.05, 0.1) is 0 Å². The zero-order valence-corrected chi connectivity index (χ0v) is 9.34. The maximum absolute atomic E-state index is 5.28. The molecule has 0 amide bonds. The molecule has 0 aliphatic rings. The second-order valence-corrected chi connectivity index (χ2v) is 4.09. The van der Waals surface area contributed by atoms with E-state index in [1.165, 1.54) is 5.56 Å². The van der Waals surface area contributed by atoms with Crippen LogP contribution in [0.5, 0.6) is 0 Å². The zero-order valence-electron chi connectivity index (χ0n) is 8.53. The number of benzene rings is 1. The number of hydrogen-bond acceptors (Lipinski definition) is 4. The molecule has 15 heavy (non-hydrogen) atoms. The first-order valence-electron chi connectivity index (χ1n) is 4.85. The van der Waals surface area contributed by atoms with Crippen molar-refractivity contribution in [2.45, 2.75) is 13.3 Å². The van der Waals surface area contributed by atoms with E-state index < -0.39 is 0 Å². The molecule has 4 heteroatoms. The number of aromatic nitrogens is 1. The summed E-state index contributed by atoms with van der Waals surface area (Å²) in [5.41, 5.74) is 5.02. The van der Waals surface area contributed by atoms with Crippen molar-refractivity contribution in [3.8, 4) is 10.6 Å². The number of anilines is 1. The lowest BCUT2D eigenvalue weighted by atomic mass is 10.1. The van der Waals surface area contributed by atoms with Gasteiger partial charge in [0.1, 0.15) is 5.01 Å². The van der Waals surface area contributed by atoms with E-state index in [1.807, 2.05) is 5.38 Å². The number of thiazole rings is 1. The molecular formula is C11H13N3S. The summed E-state index contributed by atoms with van der Waals surface area (Å²) in [4.78, 5) is 4.34. The maximum Gasteiger partial charge on any atom is 0.151 e. The van der Waals surface area contributed by atoms with Crippen molar-refractivity contribution >= 4 is 17.2 Å². The normalized spacial score (nSPS) is 10.3. The average molecular weight is 219 g/mol. The van der Waals surface area contributed by atoms with E-state index in [-0.39, 0.29) is 0 Å². The van der Waals surface area contributed by atoms with Crippen LogP contribution >= 0.6 is 11.3 Å². The van der Waals surface area contributed by atoms with Crippen LogP contribution in [0.1, 0.15) is 12.5 Å². The molecule has 0 saturated heterocycles. The Morgan fingerprint density at radius 3 is 2.60 bits per heavy atom. The number of aryl methyl sites for hydroxylation is 1. The van der Waals surface area contributed by atoms with Crippen LogP contribution in [-0.4, -0.2) is 4.98 Å². The molecule has 1 aromatic carbocycles. The van der Waals surface area contributed by atoms with Gasteiger partial charge >= 0.3 is 0 Å². The third-order valence-corrected chi connectivity index (χ3v) is 3.15. The minimum atomic E-state index is 0.717. The summed E-state index contributed by atoms with van der Waals surface area (Å²) in [5.74, 6) is 6.00. The SMILES string of the molecule is CCc1ccc(-c2nc(NN)cs2)cc1. The molecule has 1 heterocycles. The Morgan fingerprint density at radius 2 is 2.07 bits per heavy atom. The van der Waals surface area contributed by atoms with Crippen molar-refractivity contribution in [2.24, 2.45) is 5.84 Å². The van der Waals surface area contributed by atoms with Gasteiger partial charge in [-0.25, -0.2) is 10.8 Å². The number of nitrogens with zero attached hydrogens (tertiary/aromatic N) is 1. The monoisotopic (exact) mass is 219 g/mol. The third-order valence-electron chi connectivity index (χ3n) is 2.26. The topological polar surface area (TPSA) is 50.9 Å². The number of nitrogens with one attached hydrogen (secondary N) is 1. The van der Waals surface area contributed by atoms with Crippen LogP contribution < -0.4 is 11.3 Å². The average Bonchev–Trinajstić information content (AvgIpc) is 2.78. The lowest BCUT2D eigenvalue weighted by Crippen LogP contribution is -2.06. The minimum absolute atomic E-state index is 0.717. The van der Waals surface area contributed by atoms with Crippen LogP contribution in [0.25, 0.3) is 10.6 Å². The van der Waals surface area contributed by atoms with Crippen LogP contribution in [0.15, 0.2) is 29.6 Å². The summed E-state index contributed by atoms with van der Waals surface area (Å²) in [6, 6.07) is 8.45. The lowest BCUT2D eigenvalue weighted by Gasteiger charge is -1.98. The molecule has 2 aromatic rings. The molecule has 0 fully saturated rings. The van der Waals surface area contributed by atoms with E-state index in [0.717, 1.165) is 22.8 Å². The second kappa shape index (κ2) is 4.42. The highest BCUT2D eigenvalue weighted by atomic mass is 32.1. The standard InChI is InChI=1S/C11H13N3S/c1-2-8-3-5-9(6-4-8)11-13-10(14-12)7-15-11/h3-7,14H,2,12H2,1H3. The zero-order chi connectivity index (χ0) is 10.7. The van der Waals surface area contributed by atoms with Gasteiger partial charge in [-0.1, -0.05) is 31.2 Å². The molecule has 1 aromatic heterocycles. The predicted octanol–water partition coefficient (Wildman–Crippen LogP) is 2.66. The van der Waals surface area contributed by atoms with E-state index in [4.69, 9.17) is 5.84 Å². The fourth-order valence-corrected chi connectivity index (χ4v) is 2.12. The Labute approximate surface area is 92.9 Å². The van der Waals surface area contributed by atoms with E-state index in [2.05, 4.69) is 41.6 Å². The van der Waals surface area contributed by atoms with Gasteiger partial charge in [-0.05, 0) is 12.0 Å². The minimum Gasteiger partial charge on any atom is -0.308 e. The number of nitrogen functional groups attached to an aromatic ring is 1. The van der Waals surface area contributed by atoms with Crippen molar-refractivity contribution in [3.05, 3.63) is 35.2 Å². The van der Waals surface area contributed by atoms with Crippen molar-refractivity contribution < 1.29 is 0 Å². The smallest absolute Gasteiger partial charge is 0.151 e. The molecule has 78 valence electrons. The van der Waals surface area contributed by atoms with Gasteiger partial charge in [0.2, 0.25) is 0 Å². The van der Waals surface area contributed by atoms with Gasteiger partial charge in [-0.2, -0.15) is 0 Å². The highest BCUT2D eigenvalue weighted by Crippen LogP contribution is 2.25. The fraction of sp³-hybridized carbons (Fsp3) is 0.182. The van der Waals surface area contributed by atoms with Crippen LogP contribution in [-0.2, 0) is 6.42 Å². The summed E-state index contributed by atoms with van der Waals surface area (Å²) >= 11 is 1.59. The molecule has 3 N–H and O–H groups in total. The summed E-state index contributed by atoms with van der Waals surface area (Å²) in [7, 11) is 0. The molecule has 2 rings (SSSR count). The maximum atomic E-state index is 5.28. The second-order valence-electron chi connectivity index (χ2n) is 3.23. The number of hydrogen-bond donors (Lipinski definition) is 2. The van der Waals surface area contributed by atoms with Gasteiger partial charge in [0.25, 0.3) is 0 Å². The van der Waals surface area contributed by atoms with Crippen LogP contribution in [0.4, 0.5) is 5.82 Å². The van der Waals surface area contributed by atoms with Gasteiger partial charge in [0, 0.05) is 10.9 Å². The third kappa shape index (κ3) is 2.16. The first-order valence-corrected chi connectivity index (χ1v) is 5.73. The Bertz CT molecular complexity index is 433. The summed E-state index contributed by atoms with van der Waals surface area (Å²) in [5, 5.41) is 2.90. The van der Waals surface area contributed by atoms with Crippen LogP contribution in [0.2, 0.25) is 0 Å². The molecule has 0 atom stereocenters. The fourth-order valence-electron chi connectivity index (χ4n) is 1.36. The van der Waals surface area contributed by atoms with E-state index >= 15 is 0 Å². The summed E-state index contributed by atoms with van der Waals surface area (Å²) in [6.45, 7) is 2.15. The molecule has 0 spiro atoms. The van der Waals surface area contributed by atoms with Gasteiger partial charge in [-0.15, -0.1) is 11.3 Å². The molecule has 0 unspecified atom stereocenters. The number of nitrogens with two attached hydrogens (primary N) is 1. The largest absolute Gasteiger partial charge is 0.308 e.